The van der Waals surface area contributed by atoms with Gasteiger partial charge in [-0.1, -0.05) is 35.3 Å². The second kappa shape index (κ2) is 7.06. The summed E-state index contributed by atoms with van der Waals surface area (Å²) >= 11 is 12.3. The standard InChI is InChI=1S/C20H16Cl2N4/c1-12-8-16(6-7-23-12)24-20-17-4-2-3-5-18(17)25-19(26-20)13-9-14(21)11-15(22)10-13/h2-5,8-11,23H,6-7H2,1H3. The summed E-state index contributed by atoms with van der Waals surface area (Å²) in [5, 5.41) is 5.32. The van der Waals surface area contributed by atoms with E-state index in [-0.39, 0.29) is 0 Å². The van der Waals surface area contributed by atoms with Gasteiger partial charge in [-0.05, 0) is 43.3 Å². The maximum Gasteiger partial charge on any atom is 0.164 e. The van der Waals surface area contributed by atoms with Gasteiger partial charge in [-0.25, -0.2) is 15.0 Å². The van der Waals surface area contributed by atoms with Crippen LogP contribution in [0.25, 0.3) is 22.3 Å². The van der Waals surface area contributed by atoms with Crippen molar-refractivity contribution >= 4 is 45.6 Å². The van der Waals surface area contributed by atoms with Crippen molar-refractivity contribution in [2.75, 3.05) is 6.54 Å². The molecule has 0 saturated heterocycles. The van der Waals surface area contributed by atoms with E-state index in [2.05, 4.69) is 16.4 Å². The van der Waals surface area contributed by atoms with E-state index in [9.17, 15) is 0 Å². The molecule has 0 saturated carbocycles. The summed E-state index contributed by atoms with van der Waals surface area (Å²) in [4.78, 5) is 14.2. The first kappa shape index (κ1) is 17.0. The van der Waals surface area contributed by atoms with Crippen LogP contribution >= 0.6 is 23.2 Å². The quantitative estimate of drug-likeness (QED) is 0.629. The molecule has 130 valence electrons. The molecule has 0 spiro atoms. The minimum atomic E-state index is 0.550. The Morgan fingerprint density at radius 3 is 2.58 bits per heavy atom. The molecule has 1 N–H and O–H groups in total. The zero-order valence-electron chi connectivity index (χ0n) is 14.1. The van der Waals surface area contributed by atoms with Gasteiger partial charge < -0.3 is 5.32 Å². The molecule has 0 atom stereocenters. The number of nitrogens with zero attached hydrogens (tertiary/aromatic N) is 3. The van der Waals surface area contributed by atoms with Crippen molar-refractivity contribution in [3.05, 3.63) is 64.3 Å². The van der Waals surface area contributed by atoms with Gasteiger partial charge in [0.15, 0.2) is 11.6 Å². The van der Waals surface area contributed by atoms with Crippen LogP contribution in [0.5, 0.6) is 0 Å². The zero-order valence-corrected chi connectivity index (χ0v) is 15.6. The fourth-order valence-electron chi connectivity index (χ4n) is 2.94. The molecule has 1 aromatic heterocycles. The number of fused-ring (bicyclic) bond motifs is 1. The number of hydrogen-bond acceptors (Lipinski definition) is 4. The number of halogens is 2. The molecule has 4 nitrogen and oxygen atoms in total. The molecule has 1 aliphatic heterocycles. The summed E-state index contributed by atoms with van der Waals surface area (Å²) in [5.74, 6) is 1.21. The maximum absolute atomic E-state index is 6.15. The number of para-hydroxylation sites is 1. The topological polar surface area (TPSA) is 50.2 Å². The minimum absolute atomic E-state index is 0.550. The van der Waals surface area contributed by atoms with E-state index in [1.807, 2.05) is 43.3 Å². The van der Waals surface area contributed by atoms with E-state index >= 15 is 0 Å². The van der Waals surface area contributed by atoms with Crippen molar-refractivity contribution in [3.8, 4) is 11.4 Å². The lowest BCUT2D eigenvalue weighted by molar-refractivity contribution is 0.801. The predicted octanol–water partition coefficient (Wildman–Crippen LogP) is 5.57. The number of allylic oxidation sites excluding steroid dienone is 2. The third kappa shape index (κ3) is 3.57. The fraction of sp³-hybridized carbons (Fsp3) is 0.150. The van der Waals surface area contributed by atoms with E-state index in [1.54, 1.807) is 6.07 Å². The second-order valence-corrected chi connectivity index (χ2v) is 7.03. The average Bonchev–Trinajstić information content (AvgIpc) is 2.61. The van der Waals surface area contributed by atoms with Crippen molar-refractivity contribution in [2.24, 2.45) is 4.99 Å². The Morgan fingerprint density at radius 1 is 1.04 bits per heavy atom. The molecule has 0 amide bonds. The van der Waals surface area contributed by atoms with Gasteiger partial charge in [0, 0.05) is 45.4 Å². The molecule has 2 heterocycles. The first-order chi connectivity index (χ1) is 12.6. The number of benzene rings is 2. The molecular weight excluding hydrogens is 367 g/mol. The van der Waals surface area contributed by atoms with Gasteiger partial charge in [-0.3, -0.25) is 0 Å². The Hall–Kier alpha value is -2.43. The van der Waals surface area contributed by atoms with Crippen LogP contribution in [0.15, 0.2) is 59.2 Å². The van der Waals surface area contributed by atoms with Crippen LogP contribution in [0.2, 0.25) is 10.0 Å². The second-order valence-electron chi connectivity index (χ2n) is 6.15. The van der Waals surface area contributed by atoms with E-state index in [0.717, 1.165) is 40.8 Å². The minimum Gasteiger partial charge on any atom is -0.388 e. The first-order valence-corrected chi connectivity index (χ1v) is 9.07. The van der Waals surface area contributed by atoms with Crippen LogP contribution in [0, 0.1) is 0 Å². The van der Waals surface area contributed by atoms with Gasteiger partial charge in [-0.15, -0.1) is 0 Å². The highest BCUT2D eigenvalue weighted by Gasteiger charge is 2.12. The van der Waals surface area contributed by atoms with Gasteiger partial charge in [-0.2, -0.15) is 0 Å². The molecule has 0 bridgehead atoms. The third-order valence-corrected chi connectivity index (χ3v) is 4.56. The van der Waals surface area contributed by atoms with Crippen molar-refractivity contribution in [3.63, 3.8) is 0 Å². The normalized spacial score (nSPS) is 15.8. The number of aromatic nitrogens is 2. The molecule has 0 radical (unpaired) electrons. The van der Waals surface area contributed by atoms with Gasteiger partial charge in [0.2, 0.25) is 0 Å². The maximum atomic E-state index is 6.15. The molecule has 0 unspecified atom stereocenters. The first-order valence-electron chi connectivity index (χ1n) is 8.31. The highest BCUT2D eigenvalue weighted by Crippen LogP contribution is 2.30. The molecule has 26 heavy (non-hydrogen) atoms. The Balaban J connectivity index is 1.91. The van der Waals surface area contributed by atoms with Gasteiger partial charge in [0.25, 0.3) is 0 Å². The lowest BCUT2D eigenvalue weighted by Gasteiger charge is -2.14. The molecule has 1 aliphatic rings. The molecule has 0 aliphatic carbocycles. The highest BCUT2D eigenvalue weighted by atomic mass is 35.5. The zero-order chi connectivity index (χ0) is 18.1. The molecule has 6 heteroatoms. The van der Waals surface area contributed by atoms with Crippen LogP contribution in [-0.4, -0.2) is 22.2 Å². The van der Waals surface area contributed by atoms with Gasteiger partial charge in [0.1, 0.15) is 0 Å². The summed E-state index contributed by atoms with van der Waals surface area (Å²) in [6, 6.07) is 13.2. The van der Waals surface area contributed by atoms with E-state index < -0.39 is 0 Å². The fourth-order valence-corrected chi connectivity index (χ4v) is 3.47. The van der Waals surface area contributed by atoms with Crippen molar-refractivity contribution in [1.82, 2.24) is 15.3 Å². The lowest BCUT2D eigenvalue weighted by Crippen LogP contribution is -2.21. The number of nitrogens with one attached hydrogen (secondary N) is 1. The monoisotopic (exact) mass is 382 g/mol. The molecular formula is C20H16Cl2N4. The largest absolute Gasteiger partial charge is 0.388 e. The smallest absolute Gasteiger partial charge is 0.164 e. The van der Waals surface area contributed by atoms with Gasteiger partial charge in [0.05, 0.1) is 5.52 Å². The highest BCUT2D eigenvalue weighted by molar-refractivity contribution is 6.35. The summed E-state index contributed by atoms with van der Waals surface area (Å²) < 4.78 is 0. The number of aliphatic imine (C=N–C) groups is 1. The Bertz CT molecular complexity index is 1040. The summed E-state index contributed by atoms with van der Waals surface area (Å²) in [7, 11) is 0. The molecule has 0 fully saturated rings. The van der Waals surface area contributed by atoms with E-state index in [4.69, 9.17) is 33.2 Å². The van der Waals surface area contributed by atoms with Crippen LogP contribution in [-0.2, 0) is 0 Å². The van der Waals surface area contributed by atoms with Crippen LogP contribution in [0.1, 0.15) is 13.3 Å². The molecule has 3 aromatic rings. The summed E-state index contributed by atoms with van der Waals surface area (Å²) in [6.45, 7) is 2.91. The van der Waals surface area contributed by atoms with Crippen LogP contribution in [0.3, 0.4) is 0 Å². The van der Waals surface area contributed by atoms with Crippen molar-refractivity contribution < 1.29 is 0 Å². The number of hydrogen-bond donors (Lipinski definition) is 1. The van der Waals surface area contributed by atoms with E-state index in [1.165, 1.54) is 0 Å². The third-order valence-electron chi connectivity index (χ3n) is 4.12. The summed E-state index contributed by atoms with van der Waals surface area (Å²) in [5.41, 5.74) is 3.71. The predicted molar refractivity (Wildman–Crippen MR) is 108 cm³/mol. The SMILES string of the molecule is CC1=CC(=Nc2nc(-c3cc(Cl)cc(Cl)c3)nc3ccccc23)CCN1. The number of rotatable bonds is 2. The average molecular weight is 383 g/mol. The Kier molecular flexibility index (Phi) is 4.62. The lowest BCUT2D eigenvalue weighted by atomic mass is 10.1. The van der Waals surface area contributed by atoms with Crippen LogP contribution in [0.4, 0.5) is 5.82 Å². The Morgan fingerprint density at radius 2 is 1.81 bits per heavy atom. The molecule has 4 rings (SSSR count). The summed E-state index contributed by atoms with van der Waals surface area (Å²) in [6.07, 6.45) is 2.91. The van der Waals surface area contributed by atoms with E-state index in [0.29, 0.717) is 21.7 Å². The van der Waals surface area contributed by atoms with Crippen molar-refractivity contribution in [1.29, 1.82) is 0 Å². The Labute approximate surface area is 161 Å². The van der Waals surface area contributed by atoms with Gasteiger partial charge >= 0.3 is 0 Å². The molecule has 2 aromatic carbocycles. The van der Waals surface area contributed by atoms with Crippen molar-refractivity contribution in [2.45, 2.75) is 13.3 Å². The van der Waals surface area contributed by atoms with Crippen LogP contribution < -0.4 is 5.32 Å².